The number of hydrogen-bond donors (Lipinski definition) is 3. The van der Waals surface area contributed by atoms with E-state index in [-0.39, 0.29) is 25.7 Å². The van der Waals surface area contributed by atoms with Crippen molar-refractivity contribution in [3.63, 3.8) is 0 Å². The quantitative estimate of drug-likeness (QED) is 0.0222. The number of carbonyl (C=O) groups excluding carboxylic acids is 4. The van der Waals surface area contributed by atoms with E-state index < -0.39 is 97.5 Å². The summed E-state index contributed by atoms with van der Waals surface area (Å²) in [6.07, 6.45) is 65.0. The average Bonchev–Trinajstić information content (AvgIpc) is 0.945. The summed E-state index contributed by atoms with van der Waals surface area (Å²) < 4.78 is 68.8. The Kier molecular flexibility index (Phi) is 72.5. The van der Waals surface area contributed by atoms with Crippen molar-refractivity contribution >= 4 is 39.5 Å². The molecule has 2 unspecified atom stereocenters. The Morgan fingerprint density at radius 1 is 0.270 bits per heavy atom. The highest BCUT2D eigenvalue weighted by Crippen LogP contribution is 2.45. The van der Waals surface area contributed by atoms with Gasteiger partial charge in [0, 0.05) is 25.7 Å². The van der Waals surface area contributed by atoms with Gasteiger partial charge in [0.1, 0.15) is 19.3 Å². The van der Waals surface area contributed by atoms with E-state index in [1.165, 1.54) is 257 Å². The molecule has 0 aliphatic heterocycles. The van der Waals surface area contributed by atoms with Crippen LogP contribution in [0.25, 0.3) is 0 Å². The Morgan fingerprint density at radius 2 is 0.460 bits per heavy atom. The fourth-order valence-electron chi connectivity index (χ4n) is 12.6. The fourth-order valence-corrected chi connectivity index (χ4v) is 14.2. The van der Waals surface area contributed by atoms with E-state index in [4.69, 9.17) is 37.0 Å². The van der Waals surface area contributed by atoms with Crippen LogP contribution in [-0.2, 0) is 65.4 Å². The lowest BCUT2D eigenvalue weighted by Crippen LogP contribution is -2.30. The van der Waals surface area contributed by atoms with Gasteiger partial charge in [-0.1, -0.05) is 381 Å². The molecule has 0 aliphatic rings. The second-order valence-corrected chi connectivity index (χ2v) is 32.5. The molecule has 0 spiro atoms. The minimum Gasteiger partial charge on any atom is -0.462 e. The number of esters is 4. The number of aliphatic hydroxyl groups is 1. The standard InChI is InChI=1S/C81H158O17P2/c1-6-9-12-15-18-21-24-27-30-35-40-45-50-55-60-65-79(84)92-71-77(98-81(86)67-62-57-52-47-42-37-33-29-32-34-38-43-48-53-58-63-74(4)5)73-96-100(89,90)94-69-75(82)68-93-99(87,88)95-72-76(70-91-78(83)64-59-54-49-44-39-26-23-20-17-14-11-8-3)97-80(85)66-61-56-51-46-41-36-31-28-25-22-19-16-13-10-7-2/h74-77,82H,6-73H2,1-5H3,(H,87,88)(H,89,90)/t75-,76+,77+/m0/s1. The minimum absolute atomic E-state index is 0.109. The third kappa shape index (κ3) is 74.3. The highest BCUT2D eigenvalue weighted by Gasteiger charge is 2.30. The van der Waals surface area contributed by atoms with Crippen molar-refractivity contribution in [1.82, 2.24) is 0 Å². The van der Waals surface area contributed by atoms with Crippen molar-refractivity contribution in [3.05, 3.63) is 0 Å². The van der Waals surface area contributed by atoms with Crippen molar-refractivity contribution < 1.29 is 80.2 Å². The zero-order chi connectivity index (χ0) is 73.4. The first kappa shape index (κ1) is 98.1. The molecular formula is C81H158O17P2. The van der Waals surface area contributed by atoms with Gasteiger partial charge >= 0.3 is 39.5 Å². The summed E-state index contributed by atoms with van der Waals surface area (Å²) in [6.45, 7) is 7.37. The van der Waals surface area contributed by atoms with Crippen LogP contribution in [-0.4, -0.2) is 96.7 Å². The van der Waals surface area contributed by atoms with Crippen LogP contribution in [0.4, 0.5) is 0 Å². The fraction of sp³-hybridized carbons (Fsp3) is 0.951. The van der Waals surface area contributed by atoms with E-state index in [0.717, 1.165) is 95.8 Å². The van der Waals surface area contributed by atoms with Gasteiger partial charge in [-0.3, -0.25) is 37.3 Å². The van der Waals surface area contributed by atoms with E-state index in [2.05, 4.69) is 34.6 Å². The largest absolute Gasteiger partial charge is 0.472 e. The highest BCUT2D eigenvalue weighted by atomic mass is 31.2. The summed E-state index contributed by atoms with van der Waals surface area (Å²) in [7, 11) is -9.92. The van der Waals surface area contributed by atoms with Crippen LogP contribution in [0.15, 0.2) is 0 Å². The SMILES string of the molecule is CCCCCCCCCCCCCCCCCC(=O)OC[C@H](COP(=O)(O)OC[C@@H](O)COP(=O)(O)OC[C@@H](COC(=O)CCCCCCCCCCCCCC)OC(=O)CCCCCCCCCCCCCCCCC)OC(=O)CCCCCCCCCCCCCCCCCC(C)C. The number of unbranched alkanes of at least 4 members (excludes halogenated alkanes) is 53. The Morgan fingerprint density at radius 3 is 0.680 bits per heavy atom. The molecule has 0 fully saturated rings. The first-order valence-corrected chi connectivity index (χ1v) is 45.1. The van der Waals surface area contributed by atoms with Crippen molar-refractivity contribution in [3.8, 4) is 0 Å². The number of phosphoric acid groups is 2. The van der Waals surface area contributed by atoms with Crippen molar-refractivity contribution in [2.45, 2.75) is 451 Å². The molecular weight excluding hydrogens is 1310 g/mol. The Labute approximate surface area is 613 Å². The number of phosphoric ester groups is 2. The van der Waals surface area contributed by atoms with Crippen LogP contribution >= 0.6 is 15.6 Å². The number of ether oxygens (including phenoxy) is 4. The second kappa shape index (κ2) is 73.9. The molecule has 19 heteroatoms. The molecule has 17 nitrogen and oxygen atoms in total. The van der Waals surface area contributed by atoms with Crippen LogP contribution in [0.1, 0.15) is 433 Å². The molecule has 0 bridgehead atoms. The van der Waals surface area contributed by atoms with Gasteiger partial charge in [-0.25, -0.2) is 9.13 Å². The molecule has 0 aliphatic carbocycles. The predicted molar refractivity (Wildman–Crippen MR) is 409 cm³/mol. The summed E-state index contributed by atoms with van der Waals surface area (Å²) in [5.74, 6) is -1.30. The summed E-state index contributed by atoms with van der Waals surface area (Å²) in [4.78, 5) is 73.1. The third-order valence-electron chi connectivity index (χ3n) is 19.0. The topological polar surface area (TPSA) is 237 Å². The van der Waals surface area contributed by atoms with Gasteiger partial charge < -0.3 is 33.8 Å². The summed E-state index contributed by atoms with van der Waals surface area (Å²) in [6, 6.07) is 0. The van der Waals surface area contributed by atoms with Crippen molar-refractivity contribution in [2.24, 2.45) is 5.92 Å². The normalized spacial score (nSPS) is 13.8. The van der Waals surface area contributed by atoms with E-state index in [1.807, 2.05) is 0 Å². The maximum atomic E-state index is 13.1. The number of rotatable bonds is 81. The third-order valence-corrected chi connectivity index (χ3v) is 20.9. The van der Waals surface area contributed by atoms with Crippen LogP contribution in [0.2, 0.25) is 0 Å². The lowest BCUT2D eigenvalue weighted by atomic mass is 10.0. The summed E-state index contributed by atoms with van der Waals surface area (Å²) >= 11 is 0. The van der Waals surface area contributed by atoms with E-state index in [9.17, 15) is 43.2 Å². The molecule has 0 aromatic carbocycles. The van der Waals surface area contributed by atoms with Gasteiger partial charge in [0.2, 0.25) is 0 Å². The van der Waals surface area contributed by atoms with Crippen LogP contribution < -0.4 is 0 Å². The van der Waals surface area contributed by atoms with Crippen molar-refractivity contribution in [2.75, 3.05) is 39.6 Å². The van der Waals surface area contributed by atoms with Gasteiger partial charge in [0.25, 0.3) is 0 Å². The Balaban J connectivity index is 5.26. The molecule has 0 rings (SSSR count). The molecule has 0 saturated heterocycles. The van der Waals surface area contributed by atoms with Gasteiger partial charge in [0.05, 0.1) is 26.4 Å². The molecule has 594 valence electrons. The molecule has 100 heavy (non-hydrogen) atoms. The molecule has 0 saturated carbocycles. The second-order valence-electron chi connectivity index (χ2n) is 29.6. The number of hydrogen-bond acceptors (Lipinski definition) is 15. The molecule has 0 aromatic rings. The lowest BCUT2D eigenvalue weighted by Gasteiger charge is -2.21. The van der Waals surface area contributed by atoms with Gasteiger partial charge in [0.15, 0.2) is 12.2 Å². The first-order valence-electron chi connectivity index (χ1n) is 42.1. The number of aliphatic hydroxyl groups excluding tert-OH is 1. The zero-order valence-corrected chi connectivity index (χ0v) is 67.1. The first-order chi connectivity index (χ1) is 48.5. The smallest absolute Gasteiger partial charge is 0.462 e. The predicted octanol–water partition coefficient (Wildman–Crippen LogP) is 24.4. The minimum atomic E-state index is -4.96. The summed E-state index contributed by atoms with van der Waals surface area (Å²) in [5.41, 5.74) is 0. The van der Waals surface area contributed by atoms with Crippen LogP contribution in [0, 0.1) is 5.92 Å². The van der Waals surface area contributed by atoms with Gasteiger partial charge in [-0.05, 0) is 31.6 Å². The Bertz CT molecular complexity index is 1910. The maximum Gasteiger partial charge on any atom is 0.472 e. The zero-order valence-electron chi connectivity index (χ0n) is 65.3. The molecule has 0 heterocycles. The average molecular weight is 1470 g/mol. The molecule has 0 radical (unpaired) electrons. The van der Waals surface area contributed by atoms with E-state index >= 15 is 0 Å². The molecule has 3 N–H and O–H groups in total. The van der Waals surface area contributed by atoms with Crippen molar-refractivity contribution in [1.29, 1.82) is 0 Å². The lowest BCUT2D eigenvalue weighted by molar-refractivity contribution is -0.161. The number of carbonyl (C=O) groups is 4. The molecule has 5 atom stereocenters. The van der Waals surface area contributed by atoms with Gasteiger partial charge in [-0.2, -0.15) is 0 Å². The Hall–Kier alpha value is -1.94. The monoisotopic (exact) mass is 1470 g/mol. The maximum absolute atomic E-state index is 13.1. The van der Waals surface area contributed by atoms with E-state index in [1.54, 1.807) is 0 Å². The van der Waals surface area contributed by atoms with Crippen LogP contribution in [0.3, 0.4) is 0 Å². The van der Waals surface area contributed by atoms with Crippen LogP contribution in [0.5, 0.6) is 0 Å². The van der Waals surface area contributed by atoms with E-state index in [0.29, 0.717) is 25.7 Å². The highest BCUT2D eigenvalue weighted by molar-refractivity contribution is 7.47. The van der Waals surface area contributed by atoms with Gasteiger partial charge in [-0.15, -0.1) is 0 Å². The molecule has 0 amide bonds. The summed E-state index contributed by atoms with van der Waals surface area (Å²) in [5, 5.41) is 10.6. The molecule has 0 aromatic heterocycles.